The summed E-state index contributed by atoms with van der Waals surface area (Å²) in [5, 5.41) is 6.83. The number of pyridine rings is 1. The Hall–Kier alpha value is -1.88. The largest absolute Gasteiger partial charge is 0.435 e. The average Bonchev–Trinajstić information content (AvgIpc) is 2.89. The summed E-state index contributed by atoms with van der Waals surface area (Å²) in [5.74, 6) is 0.639. The fourth-order valence-corrected chi connectivity index (χ4v) is 3.67. The summed E-state index contributed by atoms with van der Waals surface area (Å²) >= 11 is 3.28. The smallest absolute Gasteiger partial charge is 0.309 e. The van der Waals surface area contributed by atoms with Gasteiger partial charge in [0.05, 0.1) is 15.7 Å². The van der Waals surface area contributed by atoms with E-state index in [0.29, 0.717) is 20.8 Å². The quantitative estimate of drug-likeness (QED) is 0.633. The Morgan fingerprint density at radius 3 is 2.64 bits per heavy atom. The zero-order valence-corrected chi connectivity index (χ0v) is 15.4. The molecule has 3 rings (SSSR count). The second kappa shape index (κ2) is 6.45. The summed E-state index contributed by atoms with van der Waals surface area (Å²) in [6.45, 7) is 1.76. The van der Waals surface area contributed by atoms with E-state index in [4.69, 9.17) is 0 Å². The van der Waals surface area contributed by atoms with Crippen molar-refractivity contribution in [3.05, 3.63) is 28.5 Å². The third-order valence-corrected chi connectivity index (χ3v) is 5.21. The van der Waals surface area contributed by atoms with Gasteiger partial charge in [0.2, 0.25) is 0 Å². The molecule has 0 aromatic carbocycles. The highest BCUT2D eigenvalue weighted by molar-refractivity contribution is 9.10. The second-order valence-corrected chi connectivity index (χ2v) is 7.69. The van der Waals surface area contributed by atoms with Gasteiger partial charge in [-0.1, -0.05) is 6.92 Å². The molecule has 132 valence electrons. The molecule has 0 radical (unpaired) electrons. The van der Waals surface area contributed by atoms with Crippen LogP contribution in [0.3, 0.4) is 0 Å². The number of hydrogen-bond donors (Lipinski definition) is 0. The third kappa shape index (κ3) is 3.30. The van der Waals surface area contributed by atoms with Crippen LogP contribution in [0.25, 0.3) is 22.7 Å². The summed E-state index contributed by atoms with van der Waals surface area (Å²) in [6.07, 6.45) is -3.10. The molecule has 3 aromatic rings. The maximum atomic E-state index is 12.8. The molecule has 1 atom stereocenters. The lowest BCUT2D eigenvalue weighted by atomic mass is 10.3. The maximum absolute atomic E-state index is 12.8. The number of hydrogen-bond acceptors (Lipinski definition) is 5. The zero-order valence-electron chi connectivity index (χ0n) is 13.0. The van der Waals surface area contributed by atoms with E-state index in [0.717, 1.165) is 6.07 Å². The standard InChI is InChI=1S/C14H11BrF3N5OS/c1-3-25(24)9-4-7(15)6-19-11(9)13-20-8-5-10(14(16,17)18)21-22-12(8)23(13)2/h4-6H,3H2,1-2H3. The predicted molar refractivity (Wildman–Crippen MR) is 89.2 cm³/mol. The molecule has 3 aromatic heterocycles. The Morgan fingerprint density at radius 1 is 1.28 bits per heavy atom. The van der Waals surface area contributed by atoms with Crippen LogP contribution in [0.1, 0.15) is 12.6 Å². The number of rotatable bonds is 3. The zero-order chi connectivity index (χ0) is 18.4. The molecule has 1 unspecified atom stereocenters. The minimum absolute atomic E-state index is 0.0396. The van der Waals surface area contributed by atoms with Crippen molar-refractivity contribution < 1.29 is 17.4 Å². The number of aromatic nitrogens is 5. The van der Waals surface area contributed by atoms with Crippen molar-refractivity contribution >= 4 is 37.9 Å². The first-order valence-electron chi connectivity index (χ1n) is 7.04. The summed E-state index contributed by atoms with van der Waals surface area (Å²) in [7, 11) is 0.269. The first-order valence-corrected chi connectivity index (χ1v) is 9.15. The fraction of sp³-hybridized carbons (Fsp3) is 0.286. The van der Waals surface area contributed by atoms with Gasteiger partial charge >= 0.3 is 6.18 Å². The minimum Gasteiger partial charge on any atom is -0.309 e. The molecule has 0 aliphatic rings. The van der Waals surface area contributed by atoms with Gasteiger partial charge in [-0.25, -0.2) is 4.98 Å². The van der Waals surface area contributed by atoms with E-state index >= 15 is 0 Å². The monoisotopic (exact) mass is 433 g/mol. The van der Waals surface area contributed by atoms with E-state index in [1.807, 2.05) is 0 Å². The molecular weight excluding hydrogens is 423 g/mol. The molecule has 0 N–H and O–H groups in total. The third-order valence-electron chi connectivity index (χ3n) is 3.45. The van der Waals surface area contributed by atoms with Crippen LogP contribution in [0.4, 0.5) is 13.2 Å². The highest BCUT2D eigenvalue weighted by atomic mass is 79.9. The lowest BCUT2D eigenvalue weighted by Gasteiger charge is -2.08. The Kier molecular flexibility index (Phi) is 4.62. The van der Waals surface area contributed by atoms with Gasteiger partial charge in [-0.2, -0.15) is 13.2 Å². The molecule has 0 bridgehead atoms. The molecule has 3 heterocycles. The first-order chi connectivity index (χ1) is 11.7. The van der Waals surface area contributed by atoms with Crippen LogP contribution >= 0.6 is 15.9 Å². The number of aryl methyl sites for hydroxylation is 1. The molecule has 0 spiro atoms. The van der Waals surface area contributed by atoms with Gasteiger partial charge in [-0.3, -0.25) is 9.19 Å². The fourth-order valence-electron chi connectivity index (χ4n) is 2.25. The Morgan fingerprint density at radius 2 is 2.00 bits per heavy atom. The van der Waals surface area contributed by atoms with E-state index in [9.17, 15) is 17.4 Å². The van der Waals surface area contributed by atoms with Crippen LogP contribution in [-0.4, -0.2) is 34.7 Å². The van der Waals surface area contributed by atoms with E-state index in [-0.39, 0.29) is 17.0 Å². The predicted octanol–water partition coefficient (Wildman–Crippen LogP) is 3.33. The van der Waals surface area contributed by atoms with Crippen LogP contribution in [0.2, 0.25) is 0 Å². The number of nitrogens with zero attached hydrogens (tertiary/aromatic N) is 5. The lowest BCUT2D eigenvalue weighted by molar-refractivity contribution is -0.141. The number of imidazole rings is 1. The van der Waals surface area contributed by atoms with Crippen molar-refractivity contribution in [3.63, 3.8) is 0 Å². The van der Waals surface area contributed by atoms with Gasteiger partial charge in [-0.05, 0) is 22.0 Å². The van der Waals surface area contributed by atoms with E-state index < -0.39 is 22.7 Å². The normalized spacial score (nSPS) is 13.4. The van der Waals surface area contributed by atoms with E-state index in [1.54, 1.807) is 20.0 Å². The van der Waals surface area contributed by atoms with Gasteiger partial charge in [0, 0.05) is 29.5 Å². The molecule has 0 saturated carbocycles. The highest BCUT2D eigenvalue weighted by Gasteiger charge is 2.34. The van der Waals surface area contributed by atoms with Crippen molar-refractivity contribution in [2.75, 3.05) is 5.75 Å². The van der Waals surface area contributed by atoms with Gasteiger partial charge in [-0.15, -0.1) is 10.2 Å². The molecule has 0 saturated heterocycles. The molecular formula is C14H11BrF3N5OS. The van der Waals surface area contributed by atoms with Crippen molar-refractivity contribution in [2.45, 2.75) is 18.0 Å². The maximum Gasteiger partial charge on any atom is 0.435 e. The molecule has 0 amide bonds. The van der Waals surface area contributed by atoms with Gasteiger partial charge < -0.3 is 4.57 Å². The lowest BCUT2D eigenvalue weighted by Crippen LogP contribution is -2.09. The number of alkyl halides is 3. The summed E-state index contributed by atoms with van der Waals surface area (Å²) < 4.78 is 52.9. The molecule has 0 aliphatic heterocycles. The Balaban J connectivity index is 2.23. The summed E-state index contributed by atoms with van der Waals surface area (Å²) in [4.78, 5) is 8.91. The van der Waals surface area contributed by atoms with Gasteiger partial charge in [0.1, 0.15) is 11.2 Å². The van der Waals surface area contributed by atoms with Crippen molar-refractivity contribution in [1.29, 1.82) is 0 Å². The van der Waals surface area contributed by atoms with Crippen LogP contribution in [0.5, 0.6) is 0 Å². The average molecular weight is 434 g/mol. The van der Waals surface area contributed by atoms with Crippen molar-refractivity contribution in [2.24, 2.45) is 7.05 Å². The molecule has 25 heavy (non-hydrogen) atoms. The topological polar surface area (TPSA) is 73.6 Å². The van der Waals surface area contributed by atoms with Gasteiger partial charge in [0.15, 0.2) is 17.2 Å². The van der Waals surface area contributed by atoms with Crippen LogP contribution in [-0.2, 0) is 24.0 Å². The van der Waals surface area contributed by atoms with Crippen molar-refractivity contribution in [3.8, 4) is 11.5 Å². The van der Waals surface area contributed by atoms with Crippen LogP contribution < -0.4 is 0 Å². The molecule has 11 heteroatoms. The van der Waals surface area contributed by atoms with E-state index in [2.05, 4.69) is 36.1 Å². The van der Waals surface area contributed by atoms with Crippen LogP contribution in [0, 0.1) is 0 Å². The van der Waals surface area contributed by atoms with Gasteiger partial charge in [0.25, 0.3) is 0 Å². The van der Waals surface area contributed by atoms with Crippen LogP contribution in [0.15, 0.2) is 27.7 Å². The second-order valence-electron chi connectivity index (χ2n) is 5.07. The van der Waals surface area contributed by atoms with E-state index in [1.165, 1.54) is 10.8 Å². The molecule has 0 fully saturated rings. The molecule has 6 nitrogen and oxygen atoms in total. The summed E-state index contributed by atoms with van der Waals surface area (Å²) in [6, 6.07) is 2.50. The Labute approximate surface area is 151 Å². The Bertz CT molecular complexity index is 988. The summed E-state index contributed by atoms with van der Waals surface area (Å²) in [5.41, 5.74) is -0.568. The minimum atomic E-state index is -4.61. The number of halogens is 4. The highest BCUT2D eigenvalue weighted by Crippen LogP contribution is 2.31. The van der Waals surface area contributed by atoms with Crippen molar-refractivity contribution in [1.82, 2.24) is 24.7 Å². The SMILES string of the molecule is CCS(=O)c1cc(Br)cnc1-c1nc2cc(C(F)(F)F)nnc2n1C. The first kappa shape index (κ1) is 17.9. The number of fused-ring (bicyclic) bond motifs is 1. The molecule has 0 aliphatic carbocycles.